The molecule has 2 rings (SSSR count). The van der Waals surface area contributed by atoms with Gasteiger partial charge < -0.3 is 0 Å². The monoisotopic (exact) mass is 175 g/mol. The fraction of sp³-hybridized carbons (Fsp3) is 0. The van der Waals surface area contributed by atoms with E-state index in [1.54, 1.807) is 6.07 Å². The van der Waals surface area contributed by atoms with Crippen molar-refractivity contribution in [3.63, 3.8) is 0 Å². The zero-order chi connectivity index (χ0) is 9.10. The van der Waals surface area contributed by atoms with Crippen molar-refractivity contribution in [2.45, 2.75) is 0 Å². The fourth-order valence-electron chi connectivity index (χ4n) is 1.02. The van der Waals surface area contributed by atoms with Crippen molar-refractivity contribution in [3.8, 4) is 11.3 Å². The molecule has 2 heterocycles. The van der Waals surface area contributed by atoms with Gasteiger partial charge in [0.05, 0.1) is 0 Å². The molecule has 13 heavy (non-hydrogen) atoms. The molecule has 0 aromatic carbocycles. The van der Waals surface area contributed by atoms with Gasteiger partial charge in [0.1, 0.15) is 17.8 Å². The molecule has 0 bridgehead atoms. The van der Waals surface area contributed by atoms with Crippen LogP contribution in [0.3, 0.4) is 0 Å². The summed E-state index contributed by atoms with van der Waals surface area (Å²) in [6.07, 6.45) is 5.98. The molecular formula is C9H6FN3. The summed E-state index contributed by atoms with van der Waals surface area (Å²) >= 11 is 0. The summed E-state index contributed by atoms with van der Waals surface area (Å²) in [5.41, 5.74) is 0.865. The molecule has 0 radical (unpaired) electrons. The van der Waals surface area contributed by atoms with E-state index in [0.29, 0.717) is 5.56 Å². The van der Waals surface area contributed by atoms with Gasteiger partial charge >= 0.3 is 0 Å². The zero-order valence-electron chi connectivity index (χ0n) is 6.68. The molecule has 0 spiro atoms. The molecule has 0 saturated carbocycles. The Bertz CT molecular complexity index is 403. The number of aromatic nitrogens is 3. The molecule has 0 atom stereocenters. The topological polar surface area (TPSA) is 38.7 Å². The Balaban J connectivity index is 2.54. The molecule has 0 N–H and O–H groups in total. The number of hydrogen-bond acceptors (Lipinski definition) is 3. The molecule has 2 aromatic heterocycles. The van der Waals surface area contributed by atoms with Crippen molar-refractivity contribution >= 4 is 0 Å². The summed E-state index contributed by atoms with van der Waals surface area (Å²) < 4.78 is 13.2. The summed E-state index contributed by atoms with van der Waals surface area (Å²) in [4.78, 5) is 11.5. The number of hydrogen-bond donors (Lipinski definition) is 0. The predicted molar refractivity (Wildman–Crippen MR) is 45.2 cm³/mol. The highest BCUT2D eigenvalue weighted by Crippen LogP contribution is 2.16. The molecule has 0 aliphatic heterocycles. The summed E-state index contributed by atoms with van der Waals surface area (Å²) in [7, 11) is 0. The van der Waals surface area contributed by atoms with Crippen LogP contribution in [-0.4, -0.2) is 15.0 Å². The van der Waals surface area contributed by atoms with Crippen molar-refractivity contribution in [3.05, 3.63) is 42.9 Å². The Morgan fingerprint density at radius 1 is 1.15 bits per heavy atom. The molecule has 0 aliphatic carbocycles. The lowest BCUT2D eigenvalue weighted by Crippen LogP contribution is -1.89. The summed E-state index contributed by atoms with van der Waals surface area (Å²) in [5, 5.41) is 0. The van der Waals surface area contributed by atoms with E-state index in [9.17, 15) is 4.39 Å². The minimum absolute atomic E-state index is 0.281. The van der Waals surface area contributed by atoms with Gasteiger partial charge in [-0.2, -0.15) is 0 Å². The van der Waals surface area contributed by atoms with E-state index in [2.05, 4.69) is 15.0 Å². The van der Waals surface area contributed by atoms with Gasteiger partial charge in [0, 0.05) is 24.2 Å². The zero-order valence-corrected chi connectivity index (χ0v) is 6.68. The molecule has 2 aromatic rings. The second-order valence-corrected chi connectivity index (χ2v) is 2.46. The molecule has 0 unspecified atom stereocenters. The average molecular weight is 175 g/mol. The van der Waals surface area contributed by atoms with Gasteiger partial charge in [0.2, 0.25) is 0 Å². The Kier molecular flexibility index (Phi) is 1.96. The van der Waals surface area contributed by atoms with Gasteiger partial charge in [-0.25, -0.2) is 14.4 Å². The normalized spacial score (nSPS) is 9.92. The fourth-order valence-corrected chi connectivity index (χ4v) is 1.02. The predicted octanol–water partition coefficient (Wildman–Crippen LogP) is 1.68. The van der Waals surface area contributed by atoms with E-state index < -0.39 is 0 Å². The Morgan fingerprint density at radius 3 is 2.62 bits per heavy atom. The lowest BCUT2D eigenvalue weighted by molar-refractivity contribution is 0.625. The van der Waals surface area contributed by atoms with Gasteiger partial charge in [-0.15, -0.1) is 0 Å². The maximum absolute atomic E-state index is 13.2. The van der Waals surface area contributed by atoms with Crippen molar-refractivity contribution in [1.29, 1.82) is 0 Å². The van der Waals surface area contributed by atoms with Crippen molar-refractivity contribution in [2.75, 3.05) is 0 Å². The first kappa shape index (κ1) is 7.79. The summed E-state index contributed by atoms with van der Waals surface area (Å²) in [5.74, 6) is -0.364. The Labute approximate surface area is 74.3 Å². The van der Waals surface area contributed by atoms with Crippen LogP contribution in [0.2, 0.25) is 0 Å². The minimum Gasteiger partial charge on any atom is -0.253 e. The molecule has 3 nitrogen and oxygen atoms in total. The third-order valence-electron chi connectivity index (χ3n) is 1.59. The maximum Gasteiger partial charge on any atom is 0.149 e. The van der Waals surface area contributed by atoms with Gasteiger partial charge in [-0.3, -0.25) is 4.98 Å². The highest BCUT2D eigenvalue weighted by molar-refractivity contribution is 5.56. The number of pyridine rings is 1. The van der Waals surface area contributed by atoms with Crippen LogP contribution in [-0.2, 0) is 0 Å². The summed E-state index contributed by atoms with van der Waals surface area (Å²) in [6, 6.07) is 2.90. The Hall–Kier alpha value is -1.84. The molecular weight excluding hydrogens is 169 g/mol. The van der Waals surface area contributed by atoms with E-state index >= 15 is 0 Å². The second kappa shape index (κ2) is 3.26. The Morgan fingerprint density at radius 2 is 1.92 bits per heavy atom. The molecule has 0 amide bonds. The molecule has 64 valence electrons. The highest BCUT2D eigenvalue weighted by Gasteiger charge is 2.04. The smallest absolute Gasteiger partial charge is 0.149 e. The molecule has 0 fully saturated rings. The van der Waals surface area contributed by atoms with E-state index in [-0.39, 0.29) is 11.5 Å². The van der Waals surface area contributed by atoms with Gasteiger partial charge in [-0.1, -0.05) is 0 Å². The van der Waals surface area contributed by atoms with E-state index in [0.717, 1.165) is 0 Å². The highest BCUT2D eigenvalue weighted by atomic mass is 19.1. The third kappa shape index (κ3) is 1.51. The third-order valence-corrected chi connectivity index (χ3v) is 1.59. The minimum atomic E-state index is -0.364. The van der Waals surface area contributed by atoms with E-state index in [1.807, 2.05) is 0 Å². The van der Waals surface area contributed by atoms with E-state index in [1.165, 1.54) is 31.0 Å². The average Bonchev–Trinajstić information content (AvgIpc) is 2.20. The number of halogens is 1. The lowest BCUT2D eigenvalue weighted by atomic mass is 10.2. The quantitative estimate of drug-likeness (QED) is 0.661. The van der Waals surface area contributed by atoms with Crippen LogP contribution in [0.5, 0.6) is 0 Å². The van der Waals surface area contributed by atoms with Gasteiger partial charge in [0.15, 0.2) is 0 Å². The molecule has 4 heteroatoms. The summed E-state index contributed by atoms with van der Waals surface area (Å²) in [6.45, 7) is 0. The number of rotatable bonds is 1. The SMILES string of the molecule is Fc1cccnc1-c1cncnc1. The number of nitrogens with zero attached hydrogens (tertiary/aromatic N) is 3. The van der Waals surface area contributed by atoms with Crippen LogP contribution in [0.1, 0.15) is 0 Å². The van der Waals surface area contributed by atoms with Crippen LogP contribution < -0.4 is 0 Å². The van der Waals surface area contributed by atoms with E-state index in [4.69, 9.17) is 0 Å². The van der Waals surface area contributed by atoms with Crippen LogP contribution in [0.15, 0.2) is 37.1 Å². The first-order chi connectivity index (χ1) is 6.38. The second-order valence-electron chi connectivity index (χ2n) is 2.46. The van der Waals surface area contributed by atoms with Crippen LogP contribution in [0.4, 0.5) is 4.39 Å². The van der Waals surface area contributed by atoms with Crippen molar-refractivity contribution in [2.24, 2.45) is 0 Å². The van der Waals surface area contributed by atoms with Crippen molar-refractivity contribution < 1.29 is 4.39 Å². The van der Waals surface area contributed by atoms with Crippen LogP contribution >= 0.6 is 0 Å². The van der Waals surface area contributed by atoms with Crippen molar-refractivity contribution in [1.82, 2.24) is 15.0 Å². The standard InChI is InChI=1S/C9H6FN3/c10-8-2-1-3-13-9(8)7-4-11-6-12-5-7/h1-6H. The lowest BCUT2D eigenvalue weighted by Gasteiger charge is -1.98. The largest absolute Gasteiger partial charge is 0.253 e. The van der Waals surface area contributed by atoms with Gasteiger partial charge in [-0.05, 0) is 12.1 Å². The maximum atomic E-state index is 13.2. The first-order valence-corrected chi connectivity index (χ1v) is 3.74. The molecule has 0 saturated heterocycles. The van der Waals surface area contributed by atoms with Crippen LogP contribution in [0, 0.1) is 5.82 Å². The van der Waals surface area contributed by atoms with Gasteiger partial charge in [0.25, 0.3) is 0 Å². The van der Waals surface area contributed by atoms with Crippen LogP contribution in [0.25, 0.3) is 11.3 Å². The molecule has 0 aliphatic rings. The first-order valence-electron chi connectivity index (χ1n) is 3.74.